The van der Waals surface area contributed by atoms with Gasteiger partial charge in [-0.25, -0.2) is 0 Å². The average molecular weight is 209 g/mol. The van der Waals surface area contributed by atoms with Crippen LogP contribution in [0.15, 0.2) is 18.5 Å². The predicted octanol–water partition coefficient (Wildman–Crippen LogP) is 1.97. The first-order valence-electron chi connectivity index (χ1n) is 4.85. The Morgan fingerprint density at radius 1 is 1.64 bits per heavy atom. The Morgan fingerprint density at radius 2 is 2.50 bits per heavy atom. The topological polar surface area (TPSA) is 50.9 Å². The van der Waals surface area contributed by atoms with Crippen molar-refractivity contribution in [1.82, 2.24) is 4.98 Å². The second-order valence-electron chi connectivity index (χ2n) is 3.58. The number of hydrogen-bond acceptors (Lipinski definition) is 4. The molecule has 0 aliphatic carbocycles. The van der Waals surface area contributed by atoms with Crippen LogP contribution in [-0.2, 0) is 0 Å². The van der Waals surface area contributed by atoms with E-state index < -0.39 is 0 Å². The Bertz CT molecular complexity index is 316. The smallest absolute Gasteiger partial charge is 0.0762 e. The van der Waals surface area contributed by atoms with Crippen molar-refractivity contribution < 1.29 is 0 Å². The fourth-order valence-corrected chi connectivity index (χ4v) is 2.85. The van der Waals surface area contributed by atoms with Crippen molar-refractivity contribution in [2.24, 2.45) is 0 Å². The maximum absolute atomic E-state index is 5.83. The van der Waals surface area contributed by atoms with Crippen molar-refractivity contribution in [3.8, 4) is 0 Å². The van der Waals surface area contributed by atoms with Crippen molar-refractivity contribution in [2.75, 3.05) is 16.8 Å². The Hall–Kier alpha value is -0.900. The standard InChI is InChI=1S/C10H15N3S/c1-7-9(3-5-14-7)13-10-6-12-4-2-8(10)11/h2,4,6-7,9,13H,3,5H2,1H3,(H2,11,12). The summed E-state index contributed by atoms with van der Waals surface area (Å²) in [5.41, 5.74) is 7.58. The summed E-state index contributed by atoms with van der Waals surface area (Å²) in [5, 5.41) is 4.11. The van der Waals surface area contributed by atoms with Crippen LogP contribution in [0.3, 0.4) is 0 Å². The zero-order chi connectivity index (χ0) is 9.97. The van der Waals surface area contributed by atoms with Gasteiger partial charge >= 0.3 is 0 Å². The highest BCUT2D eigenvalue weighted by Gasteiger charge is 2.23. The SMILES string of the molecule is CC1SCCC1Nc1cnccc1N. The third-order valence-electron chi connectivity index (χ3n) is 2.57. The minimum atomic E-state index is 0.534. The quantitative estimate of drug-likeness (QED) is 0.782. The molecule has 76 valence electrons. The van der Waals surface area contributed by atoms with E-state index in [-0.39, 0.29) is 0 Å². The molecule has 3 nitrogen and oxygen atoms in total. The largest absolute Gasteiger partial charge is 0.397 e. The molecular weight excluding hydrogens is 194 g/mol. The molecule has 14 heavy (non-hydrogen) atoms. The van der Waals surface area contributed by atoms with Crippen LogP contribution in [0, 0.1) is 0 Å². The van der Waals surface area contributed by atoms with Crippen LogP contribution in [-0.4, -0.2) is 22.0 Å². The molecule has 1 aromatic rings. The van der Waals surface area contributed by atoms with Gasteiger partial charge in [0.1, 0.15) is 0 Å². The molecule has 1 saturated heterocycles. The van der Waals surface area contributed by atoms with Gasteiger partial charge in [-0.15, -0.1) is 0 Å². The molecule has 0 aromatic carbocycles. The number of aromatic nitrogens is 1. The highest BCUT2D eigenvalue weighted by Crippen LogP contribution is 2.29. The summed E-state index contributed by atoms with van der Waals surface area (Å²) in [7, 11) is 0. The molecule has 3 N–H and O–H groups in total. The molecule has 2 heterocycles. The van der Waals surface area contributed by atoms with E-state index in [1.165, 1.54) is 12.2 Å². The Kier molecular flexibility index (Phi) is 2.82. The minimum absolute atomic E-state index is 0.534. The van der Waals surface area contributed by atoms with Crippen LogP contribution in [0.1, 0.15) is 13.3 Å². The molecule has 2 rings (SSSR count). The van der Waals surface area contributed by atoms with E-state index in [0.717, 1.165) is 11.4 Å². The summed E-state index contributed by atoms with van der Waals surface area (Å²) >= 11 is 2.01. The molecule has 1 fully saturated rings. The number of rotatable bonds is 2. The number of hydrogen-bond donors (Lipinski definition) is 2. The maximum atomic E-state index is 5.83. The molecule has 4 heteroatoms. The Balaban J connectivity index is 2.07. The normalized spacial score (nSPS) is 26.4. The first-order chi connectivity index (χ1) is 6.77. The van der Waals surface area contributed by atoms with E-state index in [1.54, 1.807) is 12.4 Å². The highest BCUT2D eigenvalue weighted by atomic mass is 32.2. The number of nitrogen functional groups attached to an aromatic ring is 1. The van der Waals surface area contributed by atoms with E-state index in [1.807, 2.05) is 17.8 Å². The van der Waals surface area contributed by atoms with E-state index in [9.17, 15) is 0 Å². The third-order valence-corrected chi connectivity index (χ3v) is 3.90. The van der Waals surface area contributed by atoms with E-state index in [2.05, 4.69) is 17.2 Å². The van der Waals surface area contributed by atoms with E-state index in [0.29, 0.717) is 11.3 Å². The number of anilines is 2. The van der Waals surface area contributed by atoms with Gasteiger partial charge in [-0.3, -0.25) is 4.98 Å². The van der Waals surface area contributed by atoms with Crippen LogP contribution >= 0.6 is 11.8 Å². The fourth-order valence-electron chi connectivity index (χ4n) is 1.65. The minimum Gasteiger partial charge on any atom is -0.397 e. The van der Waals surface area contributed by atoms with Crippen molar-refractivity contribution in [3.05, 3.63) is 18.5 Å². The van der Waals surface area contributed by atoms with Gasteiger partial charge < -0.3 is 11.1 Å². The molecule has 0 bridgehead atoms. The molecule has 1 aromatic heterocycles. The van der Waals surface area contributed by atoms with Crippen molar-refractivity contribution >= 4 is 23.1 Å². The summed E-state index contributed by atoms with van der Waals surface area (Å²) in [4.78, 5) is 4.06. The maximum Gasteiger partial charge on any atom is 0.0762 e. The third kappa shape index (κ3) is 1.95. The molecule has 0 radical (unpaired) electrons. The molecule has 2 atom stereocenters. The lowest BCUT2D eigenvalue weighted by Crippen LogP contribution is -2.25. The second-order valence-corrected chi connectivity index (χ2v) is 5.06. The lowest BCUT2D eigenvalue weighted by molar-refractivity contribution is 0.724. The van der Waals surface area contributed by atoms with Crippen molar-refractivity contribution in [3.63, 3.8) is 0 Å². The zero-order valence-corrected chi connectivity index (χ0v) is 9.05. The van der Waals surface area contributed by atoms with Crippen LogP contribution in [0.4, 0.5) is 11.4 Å². The lowest BCUT2D eigenvalue weighted by atomic mass is 10.1. The van der Waals surface area contributed by atoms with Gasteiger partial charge in [0.05, 0.1) is 17.6 Å². The molecule has 0 spiro atoms. The number of nitrogens with zero attached hydrogens (tertiary/aromatic N) is 1. The van der Waals surface area contributed by atoms with Crippen LogP contribution < -0.4 is 11.1 Å². The van der Waals surface area contributed by atoms with E-state index in [4.69, 9.17) is 5.73 Å². The van der Waals surface area contributed by atoms with Gasteiger partial charge in [-0.1, -0.05) is 6.92 Å². The first-order valence-corrected chi connectivity index (χ1v) is 5.90. The Morgan fingerprint density at radius 3 is 3.14 bits per heavy atom. The van der Waals surface area contributed by atoms with Gasteiger partial charge in [0.15, 0.2) is 0 Å². The van der Waals surface area contributed by atoms with Crippen molar-refractivity contribution in [2.45, 2.75) is 24.6 Å². The van der Waals surface area contributed by atoms with E-state index >= 15 is 0 Å². The summed E-state index contributed by atoms with van der Waals surface area (Å²) in [5.74, 6) is 1.24. The Labute approximate surface area is 88.5 Å². The fraction of sp³-hybridized carbons (Fsp3) is 0.500. The van der Waals surface area contributed by atoms with Crippen molar-refractivity contribution in [1.29, 1.82) is 0 Å². The van der Waals surface area contributed by atoms with Crippen LogP contribution in [0.2, 0.25) is 0 Å². The van der Waals surface area contributed by atoms with Crippen LogP contribution in [0.5, 0.6) is 0 Å². The molecule has 2 unspecified atom stereocenters. The summed E-state index contributed by atoms with van der Waals surface area (Å²) in [6.45, 7) is 2.25. The first kappa shape index (κ1) is 9.65. The zero-order valence-electron chi connectivity index (χ0n) is 8.23. The highest BCUT2D eigenvalue weighted by molar-refractivity contribution is 8.00. The number of nitrogens with one attached hydrogen (secondary N) is 1. The number of nitrogens with two attached hydrogens (primary N) is 1. The molecule has 1 aliphatic heterocycles. The summed E-state index contributed by atoms with van der Waals surface area (Å²) in [6.07, 6.45) is 4.72. The van der Waals surface area contributed by atoms with Gasteiger partial charge in [-0.2, -0.15) is 11.8 Å². The number of thioether (sulfide) groups is 1. The average Bonchev–Trinajstić information content (AvgIpc) is 2.56. The molecular formula is C10H15N3S. The van der Waals surface area contributed by atoms with Gasteiger partial charge in [0.25, 0.3) is 0 Å². The lowest BCUT2D eigenvalue weighted by Gasteiger charge is -2.18. The predicted molar refractivity (Wildman–Crippen MR) is 62.6 cm³/mol. The summed E-state index contributed by atoms with van der Waals surface area (Å²) in [6, 6.07) is 2.36. The van der Waals surface area contributed by atoms with Gasteiger partial charge in [-0.05, 0) is 18.2 Å². The second kappa shape index (κ2) is 4.09. The van der Waals surface area contributed by atoms with Crippen LogP contribution in [0.25, 0.3) is 0 Å². The molecule has 1 aliphatic rings. The van der Waals surface area contributed by atoms with Gasteiger partial charge in [0.2, 0.25) is 0 Å². The summed E-state index contributed by atoms with van der Waals surface area (Å²) < 4.78 is 0. The monoisotopic (exact) mass is 209 g/mol. The van der Waals surface area contributed by atoms with Gasteiger partial charge in [0, 0.05) is 17.5 Å². The molecule has 0 saturated carbocycles. The molecule has 0 amide bonds. The number of pyridine rings is 1.